The fourth-order valence-electron chi connectivity index (χ4n) is 2.95. The molecule has 1 aliphatic heterocycles. The highest BCUT2D eigenvalue weighted by molar-refractivity contribution is 14.0. The lowest BCUT2D eigenvalue weighted by atomic mass is 10.1. The van der Waals surface area contributed by atoms with Crippen LogP contribution >= 0.6 is 35.6 Å². The van der Waals surface area contributed by atoms with Gasteiger partial charge < -0.3 is 15.0 Å². The number of nitrogens with one attached hydrogen (secondary N) is 1. The number of morpholine rings is 1. The van der Waals surface area contributed by atoms with Crippen molar-refractivity contribution in [3.05, 3.63) is 52.8 Å². The van der Waals surface area contributed by atoms with Crippen molar-refractivity contribution >= 4 is 41.5 Å². The average Bonchev–Trinajstić information content (AvgIpc) is 3.07. The van der Waals surface area contributed by atoms with Gasteiger partial charge in [-0.15, -0.1) is 24.0 Å². The summed E-state index contributed by atoms with van der Waals surface area (Å²) in [5.41, 5.74) is 2.35. The van der Waals surface area contributed by atoms with Crippen LogP contribution in [0, 0.1) is 0 Å². The predicted molar refractivity (Wildman–Crippen MR) is 115 cm³/mol. The Balaban J connectivity index is 0.00000243. The zero-order valence-electron chi connectivity index (χ0n) is 15.1. The summed E-state index contributed by atoms with van der Waals surface area (Å²) in [6.45, 7) is 3.10. The van der Waals surface area contributed by atoms with Crippen molar-refractivity contribution in [1.29, 1.82) is 0 Å². The Kier molecular flexibility index (Phi) is 8.17. The largest absolute Gasteiger partial charge is 0.370 e. The molecule has 0 radical (unpaired) electrons. The second-order valence-corrected chi connectivity index (χ2v) is 6.54. The van der Waals surface area contributed by atoms with E-state index in [0.717, 1.165) is 42.6 Å². The maximum absolute atomic E-state index is 5.93. The molecule has 1 N–H and O–H groups in total. The van der Waals surface area contributed by atoms with Crippen LogP contribution in [-0.4, -0.2) is 53.9 Å². The van der Waals surface area contributed by atoms with Gasteiger partial charge in [0, 0.05) is 44.0 Å². The van der Waals surface area contributed by atoms with Crippen LogP contribution in [0.4, 0.5) is 0 Å². The van der Waals surface area contributed by atoms with Gasteiger partial charge in [0.25, 0.3) is 0 Å². The normalized spacial score (nSPS) is 17.7. The van der Waals surface area contributed by atoms with Gasteiger partial charge in [0.05, 0.1) is 19.3 Å². The summed E-state index contributed by atoms with van der Waals surface area (Å²) in [7, 11) is 3.74. The van der Waals surface area contributed by atoms with E-state index in [0.29, 0.717) is 6.61 Å². The minimum absolute atomic E-state index is 0. The molecule has 1 fully saturated rings. The summed E-state index contributed by atoms with van der Waals surface area (Å²) >= 11 is 5.93. The number of rotatable bonds is 4. The fourth-order valence-corrected chi connectivity index (χ4v) is 3.08. The highest BCUT2D eigenvalue weighted by atomic mass is 127. The standard InChI is InChI=1S/C18H24ClN5O.HI/c1-20-18(21-8-7-14-3-5-16(19)6-4-14)24-9-10-25-17(13-24)15-11-22-23(2)12-15;/h3-6,11-12,17H,7-10,13H2,1-2H3,(H,20,21);1H. The Labute approximate surface area is 176 Å². The number of aryl methyl sites for hydroxylation is 1. The summed E-state index contributed by atoms with van der Waals surface area (Å²) in [5.74, 6) is 0.908. The van der Waals surface area contributed by atoms with Gasteiger partial charge in [0.2, 0.25) is 0 Å². The Morgan fingerprint density at radius 2 is 2.15 bits per heavy atom. The third kappa shape index (κ3) is 5.59. The molecular formula is C18H25ClIN5O. The Morgan fingerprint density at radius 3 is 2.81 bits per heavy atom. The van der Waals surface area contributed by atoms with Gasteiger partial charge in [0.15, 0.2) is 5.96 Å². The van der Waals surface area contributed by atoms with Gasteiger partial charge in [0.1, 0.15) is 6.10 Å². The SMILES string of the molecule is CN=C(NCCc1ccc(Cl)cc1)N1CCOC(c2cnn(C)c2)C1.I. The topological polar surface area (TPSA) is 54.7 Å². The van der Waals surface area contributed by atoms with E-state index in [1.807, 2.05) is 38.6 Å². The first-order valence-electron chi connectivity index (χ1n) is 8.46. The quantitative estimate of drug-likeness (QED) is 0.408. The third-order valence-corrected chi connectivity index (χ3v) is 4.54. The van der Waals surface area contributed by atoms with E-state index in [1.165, 1.54) is 5.56 Å². The van der Waals surface area contributed by atoms with Crippen LogP contribution in [0.3, 0.4) is 0 Å². The number of halogens is 2. The van der Waals surface area contributed by atoms with Gasteiger partial charge in [-0.2, -0.15) is 5.10 Å². The smallest absolute Gasteiger partial charge is 0.193 e. The molecule has 1 aromatic heterocycles. The van der Waals surface area contributed by atoms with E-state index in [4.69, 9.17) is 16.3 Å². The first-order chi connectivity index (χ1) is 12.2. The van der Waals surface area contributed by atoms with E-state index in [1.54, 1.807) is 4.68 Å². The monoisotopic (exact) mass is 489 g/mol. The first kappa shape index (κ1) is 21.0. The lowest BCUT2D eigenvalue weighted by molar-refractivity contribution is -0.00800. The number of ether oxygens (including phenoxy) is 1. The van der Waals surface area contributed by atoms with Gasteiger partial charge in [-0.05, 0) is 24.1 Å². The third-order valence-electron chi connectivity index (χ3n) is 4.28. The van der Waals surface area contributed by atoms with Gasteiger partial charge in [-0.3, -0.25) is 9.67 Å². The summed E-state index contributed by atoms with van der Waals surface area (Å²) < 4.78 is 7.70. The fraction of sp³-hybridized carbons (Fsp3) is 0.444. The number of benzene rings is 1. The summed E-state index contributed by atoms with van der Waals surface area (Å²) in [5, 5.41) is 8.45. The van der Waals surface area contributed by atoms with Crippen LogP contribution < -0.4 is 5.32 Å². The van der Waals surface area contributed by atoms with Crippen molar-refractivity contribution in [2.75, 3.05) is 33.3 Å². The van der Waals surface area contributed by atoms with Gasteiger partial charge in [-0.25, -0.2) is 0 Å². The van der Waals surface area contributed by atoms with Crippen molar-refractivity contribution in [2.24, 2.45) is 12.0 Å². The molecule has 6 nitrogen and oxygen atoms in total. The van der Waals surface area contributed by atoms with Crippen LogP contribution in [0.15, 0.2) is 41.7 Å². The van der Waals surface area contributed by atoms with Crippen molar-refractivity contribution in [1.82, 2.24) is 20.0 Å². The second kappa shape index (κ2) is 10.1. The molecular weight excluding hydrogens is 465 g/mol. The lowest BCUT2D eigenvalue weighted by Crippen LogP contribution is -2.48. The lowest BCUT2D eigenvalue weighted by Gasteiger charge is -2.34. The van der Waals surface area contributed by atoms with E-state index in [2.05, 4.69) is 32.4 Å². The Bertz CT molecular complexity index is 719. The van der Waals surface area contributed by atoms with E-state index in [-0.39, 0.29) is 30.1 Å². The maximum atomic E-state index is 5.93. The second-order valence-electron chi connectivity index (χ2n) is 6.10. The zero-order chi connectivity index (χ0) is 17.6. The summed E-state index contributed by atoms with van der Waals surface area (Å²) in [6.07, 6.45) is 4.82. The van der Waals surface area contributed by atoms with E-state index in [9.17, 15) is 0 Å². The molecule has 0 amide bonds. The number of nitrogens with zero attached hydrogens (tertiary/aromatic N) is 4. The van der Waals surface area contributed by atoms with Gasteiger partial charge in [-0.1, -0.05) is 23.7 Å². The summed E-state index contributed by atoms with van der Waals surface area (Å²) in [4.78, 5) is 6.66. The molecule has 2 aromatic rings. The predicted octanol–water partition coefficient (Wildman–Crippen LogP) is 2.88. The molecule has 142 valence electrons. The molecule has 1 unspecified atom stereocenters. The summed E-state index contributed by atoms with van der Waals surface area (Å²) in [6, 6.07) is 7.96. The number of hydrogen-bond donors (Lipinski definition) is 1. The van der Waals surface area contributed by atoms with Gasteiger partial charge >= 0.3 is 0 Å². The number of aromatic nitrogens is 2. The van der Waals surface area contributed by atoms with Crippen LogP contribution in [0.2, 0.25) is 5.02 Å². The highest BCUT2D eigenvalue weighted by Gasteiger charge is 2.24. The molecule has 8 heteroatoms. The Morgan fingerprint density at radius 1 is 1.38 bits per heavy atom. The first-order valence-corrected chi connectivity index (χ1v) is 8.83. The van der Waals surface area contributed by atoms with Crippen molar-refractivity contribution in [2.45, 2.75) is 12.5 Å². The van der Waals surface area contributed by atoms with E-state index >= 15 is 0 Å². The van der Waals surface area contributed by atoms with Crippen molar-refractivity contribution in [3.8, 4) is 0 Å². The minimum Gasteiger partial charge on any atom is -0.370 e. The van der Waals surface area contributed by atoms with Crippen molar-refractivity contribution < 1.29 is 4.74 Å². The molecule has 1 aromatic carbocycles. The molecule has 26 heavy (non-hydrogen) atoms. The molecule has 1 saturated heterocycles. The molecule has 1 aliphatic rings. The number of guanidine groups is 1. The number of hydrogen-bond acceptors (Lipinski definition) is 3. The van der Waals surface area contributed by atoms with Crippen LogP contribution in [0.1, 0.15) is 17.2 Å². The van der Waals surface area contributed by atoms with Crippen molar-refractivity contribution in [3.63, 3.8) is 0 Å². The molecule has 0 saturated carbocycles. The zero-order valence-corrected chi connectivity index (χ0v) is 18.1. The molecule has 0 bridgehead atoms. The Hall–Kier alpha value is -1.32. The number of aliphatic imine (C=N–C) groups is 1. The molecule has 2 heterocycles. The molecule has 3 rings (SSSR count). The highest BCUT2D eigenvalue weighted by Crippen LogP contribution is 2.21. The van der Waals surface area contributed by atoms with Crippen LogP contribution in [0.5, 0.6) is 0 Å². The minimum atomic E-state index is 0. The van der Waals surface area contributed by atoms with Crippen LogP contribution in [0.25, 0.3) is 0 Å². The van der Waals surface area contributed by atoms with E-state index < -0.39 is 0 Å². The molecule has 0 aliphatic carbocycles. The average molecular weight is 490 g/mol. The molecule has 1 atom stereocenters. The molecule has 0 spiro atoms. The van der Waals surface area contributed by atoms with Crippen LogP contribution in [-0.2, 0) is 18.2 Å². The maximum Gasteiger partial charge on any atom is 0.193 e.